The lowest BCUT2D eigenvalue weighted by Crippen LogP contribution is -2.38. The normalized spacial score (nSPS) is 18.9. The van der Waals surface area contributed by atoms with Crippen molar-refractivity contribution < 1.29 is 22.7 Å². The van der Waals surface area contributed by atoms with Crippen molar-refractivity contribution in [1.82, 2.24) is 0 Å². The Morgan fingerprint density at radius 3 is 2.36 bits per heavy atom. The SMILES string of the molecule is CC(C)(C)OC(=O)CSc1ccc(C2=NSC(c3cc(Cl)cc(Cl)c3)(C(F)(F)F)C2)cc1Br. The smallest absolute Gasteiger partial charge is 0.409 e. The first-order valence-electron chi connectivity index (χ1n) is 9.63. The van der Waals surface area contributed by atoms with Gasteiger partial charge in [0, 0.05) is 25.8 Å². The van der Waals surface area contributed by atoms with Crippen molar-refractivity contribution in [3.63, 3.8) is 0 Å². The van der Waals surface area contributed by atoms with E-state index in [1.165, 1.54) is 30.0 Å². The van der Waals surface area contributed by atoms with Crippen LogP contribution in [0.25, 0.3) is 0 Å². The number of carbonyl (C=O) groups is 1. The van der Waals surface area contributed by atoms with E-state index in [0.29, 0.717) is 27.7 Å². The van der Waals surface area contributed by atoms with E-state index in [1.54, 1.807) is 39.0 Å². The van der Waals surface area contributed by atoms with E-state index in [0.717, 1.165) is 4.90 Å². The third kappa shape index (κ3) is 6.42. The summed E-state index contributed by atoms with van der Waals surface area (Å²) in [4.78, 5) is 12.7. The van der Waals surface area contributed by atoms with E-state index in [4.69, 9.17) is 27.9 Å². The Morgan fingerprint density at radius 2 is 1.82 bits per heavy atom. The topological polar surface area (TPSA) is 38.7 Å². The quantitative estimate of drug-likeness (QED) is 0.196. The molecule has 1 aliphatic heterocycles. The van der Waals surface area contributed by atoms with Crippen LogP contribution < -0.4 is 0 Å². The molecule has 3 rings (SSSR count). The Hall–Kier alpha value is -0.870. The standard InChI is InChI=1S/C22H19BrCl2F3NO2S2/c1-20(2,3)31-19(30)11-32-18-5-4-12(6-16(18)23)17-10-21(33-29-17,22(26,27)28)13-7-14(24)9-15(25)8-13/h4-9H,10-11H2,1-3H3. The van der Waals surface area contributed by atoms with E-state index >= 15 is 0 Å². The van der Waals surface area contributed by atoms with Crippen molar-refractivity contribution in [2.45, 2.75) is 48.6 Å². The molecule has 0 saturated heterocycles. The van der Waals surface area contributed by atoms with Gasteiger partial charge in [-0.25, -0.2) is 4.40 Å². The van der Waals surface area contributed by atoms with E-state index in [1.807, 2.05) is 0 Å². The maximum absolute atomic E-state index is 14.3. The monoisotopic (exact) mass is 599 g/mol. The summed E-state index contributed by atoms with van der Waals surface area (Å²) in [5, 5.41) is 0.258. The summed E-state index contributed by atoms with van der Waals surface area (Å²) in [6.45, 7) is 5.37. The number of benzene rings is 2. The minimum absolute atomic E-state index is 0.0418. The number of carbonyl (C=O) groups excluding carboxylic acids is 1. The van der Waals surface area contributed by atoms with E-state index < -0.39 is 16.5 Å². The predicted molar refractivity (Wildman–Crippen MR) is 134 cm³/mol. The number of rotatable bonds is 5. The number of thioether (sulfide) groups is 1. The molecule has 1 unspecified atom stereocenters. The second-order valence-electron chi connectivity index (χ2n) is 8.31. The molecule has 33 heavy (non-hydrogen) atoms. The minimum atomic E-state index is -4.59. The van der Waals surface area contributed by atoms with Gasteiger partial charge in [0.05, 0.1) is 11.5 Å². The average Bonchev–Trinajstić information content (AvgIpc) is 3.12. The fourth-order valence-electron chi connectivity index (χ4n) is 3.15. The molecule has 0 radical (unpaired) electrons. The summed E-state index contributed by atoms with van der Waals surface area (Å²) in [5.41, 5.74) is 0.239. The summed E-state index contributed by atoms with van der Waals surface area (Å²) in [6.07, 6.45) is -4.95. The lowest BCUT2D eigenvalue weighted by Gasteiger charge is -2.30. The highest BCUT2D eigenvalue weighted by molar-refractivity contribution is 9.10. The lowest BCUT2D eigenvalue weighted by molar-refractivity contribution is -0.159. The number of nitrogens with zero attached hydrogens (tertiary/aromatic N) is 1. The Kier molecular flexibility index (Phi) is 8.11. The molecule has 0 saturated carbocycles. The van der Waals surface area contributed by atoms with Crippen LogP contribution in [0.4, 0.5) is 13.2 Å². The molecule has 0 spiro atoms. The first-order valence-corrected chi connectivity index (χ1v) is 12.9. The Bertz CT molecular complexity index is 1090. The van der Waals surface area contributed by atoms with Crippen LogP contribution in [0.1, 0.15) is 38.3 Å². The minimum Gasteiger partial charge on any atom is -0.459 e. The number of alkyl halides is 3. The highest BCUT2D eigenvalue weighted by Crippen LogP contribution is 2.57. The van der Waals surface area contributed by atoms with Gasteiger partial charge in [-0.3, -0.25) is 4.79 Å². The maximum Gasteiger partial charge on any atom is 0.409 e. The zero-order chi connectivity index (χ0) is 24.6. The number of hydrogen-bond acceptors (Lipinski definition) is 5. The van der Waals surface area contributed by atoms with E-state index in [-0.39, 0.29) is 33.8 Å². The van der Waals surface area contributed by atoms with E-state index in [9.17, 15) is 18.0 Å². The average molecular weight is 601 g/mol. The van der Waals surface area contributed by atoms with Crippen molar-refractivity contribution in [3.8, 4) is 0 Å². The van der Waals surface area contributed by atoms with Crippen LogP contribution in [-0.2, 0) is 14.3 Å². The molecular formula is C22H19BrCl2F3NO2S2. The van der Waals surface area contributed by atoms with Gasteiger partial charge in [0.25, 0.3) is 0 Å². The zero-order valence-electron chi connectivity index (χ0n) is 17.7. The van der Waals surface area contributed by atoms with Crippen molar-refractivity contribution in [3.05, 3.63) is 62.0 Å². The van der Waals surface area contributed by atoms with Gasteiger partial charge in [-0.1, -0.05) is 29.3 Å². The number of ether oxygens (including phenoxy) is 1. The Morgan fingerprint density at radius 1 is 1.18 bits per heavy atom. The summed E-state index contributed by atoms with van der Waals surface area (Å²) in [6, 6.07) is 9.08. The summed E-state index contributed by atoms with van der Waals surface area (Å²) in [7, 11) is 0. The second kappa shape index (κ2) is 10.0. The molecule has 0 aromatic heterocycles. The zero-order valence-corrected chi connectivity index (χ0v) is 22.5. The van der Waals surface area contributed by atoms with Crippen LogP contribution >= 0.6 is 62.8 Å². The number of hydrogen-bond donors (Lipinski definition) is 0. The van der Waals surface area contributed by atoms with Crippen LogP contribution in [-0.4, -0.2) is 29.2 Å². The van der Waals surface area contributed by atoms with Crippen LogP contribution in [0, 0.1) is 0 Å². The molecule has 0 amide bonds. The molecule has 0 bridgehead atoms. The first kappa shape index (κ1) is 26.7. The second-order valence-corrected chi connectivity index (χ2v) is 12.1. The van der Waals surface area contributed by atoms with Gasteiger partial charge in [0.2, 0.25) is 0 Å². The predicted octanol–water partition coefficient (Wildman–Crippen LogP) is 8.49. The molecule has 0 N–H and O–H groups in total. The highest BCUT2D eigenvalue weighted by Gasteiger charge is 2.60. The number of esters is 1. The Labute approximate surface area is 217 Å². The van der Waals surface area contributed by atoms with Gasteiger partial charge in [0.1, 0.15) is 5.60 Å². The molecule has 1 atom stereocenters. The molecule has 1 aliphatic rings. The van der Waals surface area contributed by atoms with Crippen LogP contribution in [0.2, 0.25) is 10.0 Å². The van der Waals surface area contributed by atoms with Gasteiger partial charge in [0.15, 0.2) is 4.75 Å². The van der Waals surface area contributed by atoms with Crippen molar-refractivity contribution in [1.29, 1.82) is 0 Å². The molecule has 3 nitrogen and oxygen atoms in total. The van der Waals surface area contributed by atoms with Crippen LogP contribution in [0.3, 0.4) is 0 Å². The Balaban J connectivity index is 1.80. The van der Waals surface area contributed by atoms with Crippen molar-refractivity contribution in [2.24, 2.45) is 4.40 Å². The third-order valence-electron chi connectivity index (χ3n) is 4.55. The van der Waals surface area contributed by atoms with Crippen molar-refractivity contribution >= 4 is 74.5 Å². The molecule has 0 fully saturated rings. The van der Waals surface area contributed by atoms with Gasteiger partial charge in [-0.15, -0.1) is 11.8 Å². The molecule has 0 aliphatic carbocycles. The fourth-order valence-corrected chi connectivity index (χ4v) is 6.06. The maximum atomic E-state index is 14.3. The first-order chi connectivity index (χ1) is 15.2. The van der Waals surface area contributed by atoms with Gasteiger partial charge >= 0.3 is 12.1 Å². The number of halogens is 6. The molecule has 2 aromatic carbocycles. The highest BCUT2D eigenvalue weighted by atomic mass is 79.9. The molecule has 178 valence electrons. The summed E-state index contributed by atoms with van der Waals surface area (Å²) < 4.78 is 50.6. The van der Waals surface area contributed by atoms with Gasteiger partial charge < -0.3 is 4.74 Å². The van der Waals surface area contributed by atoms with Gasteiger partial charge in [-0.2, -0.15) is 13.2 Å². The summed E-state index contributed by atoms with van der Waals surface area (Å²) in [5.74, 6) is -0.242. The van der Waals surface area contributed by atoms with Crippen LogP contribution in [0.5, 0.6) is 0 Å². The van der Waals surface area contributed by atoms with Gasteiger partial charge in [-0.05, 0) is 90.1 Å². The molecule has 11 heteroatoms. The van der Waals surface area contributed by atoms with E-state index in [2.05, 4.69) is 20.3 Å². The fraction of sp³-hybridized carbons (Fsp3) is 0.364. The van der Waals surface area contributed by atoms with Crippen molar-refractivity contribution in [2.75, 3.05) is 5.75 Å². The largest absolute Gasteiger partial charge is 0.459 e. The molecule has 1 heterocycles. The van der Waals surface area contributed by atoms with Crippen LogP contribution in [0.15, 0.2) is 50.2 Å². The molecular weight excluding hydrogens is 582 g/mol. The third-order valence-corrected chi connectivity index (χ3v) is 8.18. The summed E-state index contributed by atoms with van der Waals surface area (Å²) >= 11 is 17.1. The molecule has 2 aromatic rings. The lowest BCUT2D eigenvalue weighted by atomic mass is 9.89.